The highest BCUT2D eigenvalue weighted by atomic mass is 35.5. The quantitative estimate of drug-likeness (QED) is 0.245. The highest BCUT2D eigenvalue weighted by molar-refractivity contribution is 7.99. The van der Waals surface area contributed by atoms with Crippen molar-refractivity contribution in [2.75, 3.05) is 18.1 Å². The number of thioether (sulfide) groups is 1. The number of nitrogens with one attached hydrogen (secondary N) is 3. The monoisotopic (exact) mass is 411 g/mol. The molecule has 0 aromatic heterocycles. The van der Waals surface area contributed by atoms with Crippen molar-refractivity contribution in [1.82, 2.24) is 10.6 Å². The zero-order chi connectivity index (χ0) is 19.7. The SMILES string of the molecule is CC(=N)NCCSCC[C@H](NC(=O)OC(C)(C)C)C(=O)OC(C)(C)C.Cl. The van der Waals surface area contributed by atoms with Gasteiger partial charge >= 0.3 is 12.1 Å². The van der Waals surface area contributed by atoms with E-state index in [1.807, 2.05) is 0 Å². The lowest BCUT2D eigenvalue weighted by atomic mass is 10.1. The van der Waals surface area contributed by atoms with E-state index >= 15 is 0 Å². The van der Waals surface area contributed by atoms with E-state index in [0.29, 0.717) is 24.6 Å². The number of amides is 1. The minimum absolute atomic E-state index is 0. The first kappa shape index (κ1) is 27.1. The van der Waals surface area contributed by atoms with Gasteiger partial charge in [-0.05, 0) is 60.6 Å². The van der Waals surface area contributed by atoms with E-state index in [0.717, 1.165) is 5.75 Å². The fourth-order valence-electron chi connectivity index (χ4n) is 1.69. The molecule has 0 saturated carbocycles. The van der Waals surface area contributed by atoms with Gasteiger partial charge in [0.15, 0.2) is 0 Å². The van der Waals surface area contributed by atoms with Gasteiger partial charge in [-0.1, -0.05) is 0 Å². The first-order valence-corrected chi connectivity index (χ1v) is 9.55. The van der Waals surface area contributed by atoms with Gasteiger partial charge in [-0.15, -0.1) is 12.4 Å². The number of carbonyl (C=O) groups excluding carboxylic acids is 2. The molecule has 0 bridgehead atoms. The van der Waals surface area contributed by atoms with Crippen molar-refractivity contribution in [1.29, 1.82) is 5.41 Å². The lowest BCUT2D eigenvalue weighted by molar-refractivity contribution is -0.157. The van der Waals surface area contributed by atoms with Crippen LogP contribution < -0.4 is 10.6 Å². The van der Waals surface area contributed by atoms with Crippen LogP contribution in [0, 0.1) is 5.41 Å². The highest BCUT2D eigenvalue weighted by Gasteiger charge is 2.28. The molecule has 3 N–H and O–H groups in total. The smallest absolute Gasteiger partial charge is 0.408 e. The molecule has 0 aliphatic carbocycles. The van der Waals surface area contributed by atoms with E-state index in [1.54, 1.807) is 60.2 Å². The summed E-state index contributed by atoms with van der Waals surface area (Å²) in [7, 11) is 0. The first-order valence-electron chi connectivity index (χ1n) is 8.39. The van der Waals surface area contributed by atoms with Crippen LogP contribution in [0.5, 0.6) is 0 Å². The summed E-state index contributed by atoms with van der Waals surface area (Å²) in [5, 5.41) is 12.8. The second kappa shape index (κ2) is 12.3. The van der Waals surface area contributed by atoms with Crippen molar-refractivity contribution in [3.05, 3.63) is 0 Å². The topological polar surface area (TPSA) is 101 Å². The van der Waals surface area contributed by atoms with Gasteiger partial charge in [0.2, 0.25) is 0 Å². The Morgan fingerprint density at radius 3 is 2.04 bits per heavy atom. The Bertz CT molecular complexity index is 462. The molecule has 0 saturated heterocycles. The molecule has 0 aromatic carbocycles. The number of carbonyl (C=O) groups is 2. The number of amidine groups is 1. The molecule has 0 aliphatic rings. The summed E-state index contributed by atoms with van der Waals surface area (Å²) in [6, 6.07) is -0.751. The Morgan fingerprint density at radius 1 is 1.04 bits per heavy atom. The number of esters is 1. The van der Waals surface area contributed by atoms with Crippen LogP contribution in [-0.4, -0.2) is 53.2 Å². The molecule has 9 heteroatoms. The summed E-state index contributed by atoms with van der Waals surface area (Å²) in [6.45, 7) is 13.0. The number of alkyl carbamates (subject to hydrolysis) is 1. The largest absolute Gasteiger partial charge is 0.458 e. The lowest BCUT2D eigenvalue weighted by Gasteiger charge is -2.26. The maximum Gasteiger partial charge on any atom is 0.408 e. The Balaban J connectivity index is 0. The maximum atomic E-state index is 12.3. The molecular weight excluding hydrogens is 378 g/mol. The second-order valence-corrected chi connectivity index (χ2v) is 8.91. The van der Waals surface area contributed by atoms with Crippen LogP contribution in [-0.2, 0) is 14.3 Å². The minimum Gasteiger partial charge on any atom is -0.458 e. The van der Waals surface area contributed by atoms with E-state index in [9.17, 15) is 9.59 Å². The molecule has 7 nitrogen and oxygen atoms in total. The fraction of sp³-hybridized carbons (Fsp3) is 0.824. The molecule has 0 unspecified atom stereocenters. The second-order valence-electron chi connectivity index (χ2n) is 7.69. The van der Waals surface area contributed by atoms with E-state index in [-0.39, 0.29) is 12.4 Å². The third-order valence-corrected chi connectivity index (χ3v) is 3.59. The van der Waals surface area contributed by atoms with Crippen LogP contribution >= 0.6 is 24.2 Å². The lowest BCUT2D eigenvalue weighted by Crippen LogP contribution is -2.46. The van der Waals surface area contributed by atoms with Crippen molar-refractivity contribution >= 4 is 42.1 Å². The fourth-order valence-corrected chi connectivity index (χ4v) is 2.54. The van der Waals surface area contributed by atoms with Crippen LogP contribution in [0.25, 0.3) is 0 Å². The van der Waals surface area contributed by atoms with E-state index in [1.165, 1.54) is 0 Å². The van der Waals surface area contributed by atoms with Gasteiger partial charge in [0.05, 0.1) is 5.84 Å². The molecule has 154 valence electrons. The van der Waals surface area contributed by atoms with E-state index in [4.69, 9.17) is 14.9 Å². The van der Waals surface area contributed by atoms with Gasteiger partial charge in [-0.2, -0.15) is 11.8 Å². The molecule has 0 aromatic rings. The van der Waals surface area contributed by atoms with Gasteiger partial charge in [-0.3, -0.25) is 5.41 Å². The van der Waals surface area contributed by atoms with Crippen molar-refractivity contribution in [2.45, 2.75) is 72.1 Å². The summed E-state index contributed by atoms with van der Waals surface area (Å²) < 4.78 is 10.6. The summed E-state index contributed by atoms with van der Waals surface area (Å²) in [5.74, 6) is 1.45. The van der Waals surface area contributed by atoms with Crippen LogP contribution in [0.15, 0.2) is 0 Å². The predicted octanol–water partition coefficient (Wildman–Crippen LogP) is 3.35. The van der Waals surface area contributed by atoms with Crippen molar-refractivity contribution in [2.24, 2.45) is 0 Å². The van der Waals surface area contributed by atoms with Crippen LogP contribution in [0.4, 0.5) is 4.79 Å². The van der Waals surface area contributed by atoms with Gasteiger partial charge in [0.25, 0.3) is 0 Å². The molecule has 1 atom stereocenters. The number of rotatable bonds is 8. The average Bonchev–Trinajstić information content (AvgIpc) is 2.36. The highest BCUT2D eigenvalue weighted by Crippen LogP contribution is 2.13. The van der Waals surface area contributed by atoms with Crippen LogP contribution in [0.2, 0.25) is 0 Å². The van der Waals surface area contributed by atoms with E-state index in [2.05, 4.69) is 10.6 Å². The molecular formula is C17H34ClN3O4S. The maximum absolute atomic E-state index is 12.3. The summed E-state index contributed by atoms with van der Waals surface area (Å²) in [6.07, 6.45) is -0.183. The molecule has 0 rings (SSSR count). The van der Waals surface area contributed by atoms with Crippen molar-refractivity contribution in [3.63, 3.8) is 0 Å². The minimum atomic E-state index is -0.751. The molecule has 26 heavy (non-hydrogen) atoms. The van der Waals surface area contributed by atoms with Gasteiger partial charge in [0.1, 0.15) is 17.2 Å². The van der Waals surface area contributed by atoms with Crippen LogP contribution in [0.1, 0.15) is 54.9 Å². The Kier molecular flexibility index (Phi) is 12.8. The molecule has 0 fully saturated rings. The Morgan fingerprint density at radius 2 is 1.58 bits per heavy atom. The zero-order valence-electron chi connectivity index (χ0n) is 16.9. The van der Waals surface area contributed by atoms with Crippen molar-refractivity contribution < 1.29 is 19.1 Å². The van der Waals surface area contributed by atoms with Crippen LogP contribution in [0.3, 0.4) is 0 Å². The van der Waals surface area contributed by atoms with E-state index < -0.39 is 29.3 Å². The normalized spacial score (nSPS) is 12.4. The van der Waals surface area contributed by atoms with Gasteiger partial charge in [0, 0.05) is 12.3 Å². The third-order valence-electron chi connectivity index (χ3n) is 2.57. The molecule has 1 amide bonds. The van der Waals surface area contributed by atoms with Gasteiger partial charge < -0.3 is 20.1 Å². The first-order chi connectivity index (χ1) is 11.3. The standard InChI is InChI=1S/C17H33N3O4S.ClH/c1-12(18)19-9-11-25-10-8-13(14(21)23-16(2,3)4)20-15(22)24-17(5,6)7;/h13H,8-11H2,1-7H3,(H2,18,19)(H,20,22);1H/t13-;/m0./s1. The zero-order valence-corrected chi connectivity index (χ0v) is 18.5. The predicted molar refractivity (Wildman–Crippen MR) is 110 cm³/mol. The number of ether oxygens (including phenoxy) is 2. The summed E-state index contributed by atoms with van der Waals surface area (Å²) in [5.41, 5.74) is -1.25. The average molecular weight is 412 g/mol. The summed E-state index contributed by atoms with van der Waals surface area (Å²) >= 11 is 1.64. The molecule has 0 spiro atoms. The Labute approximate surface area is 167 Å². The number of halogens is 1. The van der Waals surface area contributed by atoms with Gasteiger partial charge in [-0.25, -0.2) is 9.59 Å². The molecule has 0 radical (unpaired) electrons. The molecule has 0 aliphatic heterocycles. The third kappa shape index (κ3) is 16.3. The number of hydrogen-bond acceptors (Lipinski definition) is 6. The summed E-state index contributed by atoms with van der Waals surface area (Å²) in [4.78, 5) is 24.3. The molecule has 0 heterocycles. The Hall–Kier alpha value is -1.15. The number of hydrogen-bond donors (Lipinski definition) is 3. The van der Waals surface area contributed by atoms with Crippen molar-refractivity contribution in [3.8, 4) is 0 Å².